The molecule has 7 heteroatoms. The molecular weight excluding hydrogens is 362 g/mol. The zero-order valence-electron chi connectivity index (χ0n) is 15.0. The van der Waals surface area contributed by atoms with Crippen LogP contribution in [0.3, 0.4) is 0 Å². The van der Waals surface area contributed by atoms with E-state index in [1.54, 1.807) is 48.5 Å². The van der Waals surface area contributed by atoms with E-state index in [0.29, 0.717) is 22.8 Å². The van der Waals surface area contributed by atoms with Gasteiger partial charge in [0.1, 0.15) is 29.1 Å². The average Bonchev–Trinajstić information content (AvgIpc) is 3.46. The number of ether oxygens (including phenoxy) is 1. The van der Waals surface area contributed by atoms with Gasteiger partial charge in [-0.3, -0.25) is 9.59 Å². The number of hydrogen-bond donors (Lipinski definition) is 1. The number of benzene rings is 1. The minimum atomic E-state index is -0.869. The number of carbonyl (C=O) groups excluding carboxylic acids is 2. The fourth-order valence-corrected chi connectivity index (χ4v) is 3.28. The van der Waals surface area contributed by atoms with Crippen molar-refractivity contribution in [2.45, 2.75) is 12.6 Å². The monoisotopic (exact) mass is 379 g/mol. The van der Waals surface area contributed by atoms with Gasteiger partial charge in [0.15, 0.2) is 0 Å². The molecule has 0 bridgehead atoms. The fraction of sp³-hybridized carbons (Fsp3) is 0.143. The van der Waals surface area contributed by atoms with E-state index in [1.165, 1.54) is 24.5 Å². The van der Waals surface area contributed by atoms with Crippen LogP contribution < -0.4 is 4.74 Å². The quantitative estimate of drug-likeness (QED) is 0.414. The molecule has 1 unspecified atom stereocenters. The van der Waals surface area contributed by atoms with Crippen LogP contribution >= 0.6 is 0 Å². The van der Waals surface area contributed by atoms with Crippen LogP contribution in [0, 0.1) is 0 Å². The van der Waals surface area contributed by atoms with E-state index in [0.717, 1.165) is 0 Å². The Labute approximate surface area is 160 Å². The van der Waals surface area contributed by atoms with Gasteiger partial charge in [-0.1, -0.05) is 12.1 Å². The van der Waals surface area contributed by atoms with Crippen molar-refractivity contribution >= 4 is 17.4 Å². The number of rotatable bonds is 5. The van der Waals surface area contributed by atoms with Crippen LogP contribution in [-0.2, 0) is 16.1 Å². The van der Waals surface area contributed by atoms with Crippen LogP contribution in [0.1, 0.15) is 23.1 Å². The minimum absolute atomic E-state index is 0.0419. The highest BCUT2D eigenvalue weighted by Gasteiger charge is 2.47. The molecule has 2 aromatic heterocycles. The number of hydrogen-bond acceptors (Lipinski definition) is 6. The van der Waals surface area contributed by atoms with Crippen LogP contribution in [0.2, 0.25) is 0 Å². The van der Waals surface area contributed by atoms with Crippen molar-refractivity contribution in [3.63, 3.8) is 0 Å². The lowest BCUT2D eigenvalue weighted by Crippen LogP contribution is -2.28. The summed E-state index contributed by atoms with van der Waals surface area (Å²) in [5, 5.41) is 10.9. The summed E-state index contributed by atoms with van der Waals surface area (Å²) in [6.45, 7) is 0.0673. The molecule has 1 aliphatic rings. The van der Waals surface area contributed by atoms with Crippen molar-refractivity contribution < 1.29 is 28.3 Å². The number of likely N-dealkylation sites (tertiary alicyclic amines) is 1. The maximum atomic E-state index is 12.8. The molecule has 1 atom stereocenters. The van der Waals surface area contributed by atoms with Gasteiger partial charge >= 0.3 is 0 Å². The SMILES string of the molecule is COc1cccc(C(O)=C2C(=O)C(=O)N(Cc3ccco3)C2c2ccco2)c1. The molecule has 3 aromatic rings. The normalized spacial score (nSPS) is 18.6. The van der Waals surface area contributed by atoms with Crippen LogP contribution in [-0.4, -0.2) is 28.8 Å². The first kappa shape index (κ1) is 17.7. The fourth-order valence-electron chi connectivity index (χ4n) is 3.28. The van der Waals surface area contributed by atoms with E-state index in [2.05, 4.69) is 0 Å². The van der Waals surface area contributed by atoms with Gasteiger partial charge in [-0.25, -0.2) is 0 Å². The van der Waals surface area contributed by atoms with Crippen molar-refractivity contribution in [3.05, 3.63) is 83.7 Å². The standard InChI is InChI=1S/C21H17NO6/c1-26-14-6-2-5-13(11-14)19(23)17-18(16-8-4-10-28-16)22(21(25)20(17)24)12-15-7-3-9-27-15/h2-11,18,23H,12H2,1H3. The molecule has 142 valence electrons. The van der Waals surface area contributed by atoms with Crippen molar-refractivity contribution in [1.29, 1.82) is 0 Å². The summed E-state index contributed by atoms with van der Waals surface area (Å²) in [6, 6.07) is 12.5. The number of amides is 1. The predicted octanol–water partition coefficient (Wildman–Crippen LogP) is 3.50. The second kappa shape index (κ2) is 7.11. The highest BCUT2D eigenvalue weighted by Crippen LogP contribution is 2.40. The van der Waals surface area contributed by atoms with E-state index >= 15 is 0 Å². The number of aliphatic hydroxyl groups excluding tert-OH is 1. The summed E-state index contributed by atoms with van der Waals surface area (Å²) in [5.74, 6) is -0.408. The summed E-state index contributed by atoms with van der Waals surface area (Å²) < 4.78 is 16.0. The molecule has 0 saturated carbocycles. The maximum Gasteiger partial charge on any atom is 0.296 e. The Kier molecular flexibility index (Phi) is 4.49. The molecule has 1 aliphatic heterocycles. The Bertz CT molecular complexity index is 1030. The molecule has 0 radical (unpaired) electrons. The molecular formula is C21H17NO6. The van der Waals surface area contributed by atoms with Crippen LogP contribution in [0.15, 0.2) is 75.5 Å². The van der Waals surface area contributed by atoms with Crippen LogP contribution in [0.4, 0.5) is 0 Å². The maximum absolute atomic E-state index is 12.8. The summed E-state index contributed by atoms with van der Waals surface area (Å²) in [6.07, 6.45) is 2.94. The Morgan fingerprint density at radius 2 is 1.89 bits per heavy atom. The van der Waals surface area contributed by atoms with E-state index < -0.39 is 17.7 Å². The number of nitrogens with zero attached hydrogens (tertiary/aromatic N) is 1. The number of methoxy groups -OCH3 is 1. The van der Waals surface area contributed by atoms with Crippen molar-refractivity contribution in [1.82, 2.24) is 4.90 Å². The zero-order chi connectivity index (χ0) is 19.7. The lowest BCUT2D eigenvalue weighted by Gasteiger charge is -2.22. The van der Waals surface area contributed by atoms with E-state index in [-0.39, 0.29) is 17.9 Å². The summed E-state index contributed by atoms with van der Waals surface area (Å²) >= 11 is 0. The van der Waals surface area contributed by atoms with Gasteiger partial charge in [-0.15, -0.1) is 0 Å². The molecule has 0 spiro atoms. The molecule has 1 saturated heterocycles. The van der Waals surface area contributed by atoms with Gasteiger partial charge in [0.2, 0.25) is 0 Å². The minimum Gasteiger partial charge on any atom is -0.507 e. The van der Waals surface area contributed by atoms with Crippen molar-refractivity contribution in [2.24, 2.45) is 0 Å². The van der Waals surface area contributed by atoms with E-state index in [4.69, 9.17) is 13.6 Å². The van der Waals surface area contributed by atoms with Gasteiger partial charge in [0.25, 0.3) is 11.7 Å². The molecule has 4 rings (SSSR count). The average molecular weight is 379 g/mol. The predicted molar refractivity (Wildman–Crippen MR) is 98.3 cm³/mol. The zero-order valence-corrected chi connectivity index (χ0v) is 15.0. The largest absolute Gasteiger partial charge is 0.507 e. The Balaban J connectivity index is 1.84. The smallest absolute Gasteiger partial charge is 0.296 e. The van der Waals surface area contributed by atoms with Gasteiger partial charge < -0.3 is 23.6 Å². The van der Waals surface area contributed by atoms with Crippen molar-refractivity contribution in [2.75, 3.05) is 7.11 Å². The first-order chi connectivity index (χ1) is 13.6. The number of Topliss-reactive ketones (excluding diaryl/α,β-unsaturated/α-hetero) is 1. The molecule has 0 aliphatic carbocycles. The molecule has 3 heterocycles. The van der Waals surface area contributed by atoms with Crippen molar-refractivity contribution in [3.8, 4) is 5.75 Å². The Morgan fingerprint density at radius 1 is 1.11 bits per heavy atom. The third-order valence-electron chi connectivity index (χ3n) is 4.60. The number of furan rings is 2. The van der Waals surface area contributed by atoms with Crippen LogP contribution in [0.25, 0.3) is 5.76 Å². The highest BCUT2D eigenvalue weighted by atomic mass is 16.5. The molecule has 1 amide bonds. The Hall–Kier alpha value is -3.74. The first-order valence-corrected chi connectivity index (χ1v) is 8.58. The van der Waals surface area contributed by atoms with E-state index in [1.807, 2.05) is 0 Å². The van der Waals surface area contributed by atoms with Gasteiger partial charge in [-0.05, 0) is 36.4 Å². The third kappa shape index (κ3) is 2.96. The number of aliphatic hydroxyl groups is 1. The van der Waals surface area contributed by atoms with E-state index in [9.17, 15) is 14.7 Å². The summed E-state index contributed by atoms with van der Waals surface area (Å²) in [7, 11) is 1.50. The number of ketones is 1. The second-order valence-corrected chi connectivity index (χ2v) is 6.25. The molecule has 1 aromatic carbocycles. The number of carbonyl (C=O) groups is 2. The molecule has 1 fully saturated rings. The lowest BCUT2D eigenvalue weighted by molar-refractivity contribution is -0.140. The van der Waals surface area contributed by atoms with Gasteiger partial charge in [0.05, 0.1) is 31.8 Å². The van der Waals surface area contributed by atoms with Crippen LogP contribution in [0.5, 0.6) is 5.75 Å². The highest BCUT2D eigenvalue weighted by molar-refractivity contribution is 6.46. The summed E-state index contributed by atoms with van der Waals surface area (Å²) in [5.41, 5.74) is 0.326. The lowest BCUT2D eigenvalue weighted by atomic mass is 9.99. The molecule has 1 N–H and O–H groups in total. The second-order valence-electron chi connectivity index (χ2n) is 6.25. The molecule has 28 heavy (non-hydrogen) atoms. The first-order valence-electron chi connectivity index (χ1n) is 8.58. The molecule has 7 nitrogen and oxygen atoms in total. The topological polar surface area (TPSA) is 93.1 Å². The van der Waals surface area contributed by atoms with Gasteiger partial charge in [0, 0.05) is 5.56 Å². The summed E-state index contributed by atoms with van der Waals surface area (Å²) in [4.78, 5) is 26.9. The van der Waals surface area contributed by atoms with Gasteiger partial charge in [-0.2, -0.15) is 0 Å². The third-order valence-corrected chi connectivity index (χ3v) is 4.60. The Morgan fingerprint density at radius 3 is 2.57 bits per heavy atom.